The SMILES string of the molecule is O=S(=O)(O)CCCSSSSCCCS(=O)(=O)O. The summed E-state index contributed by atoms with van der Waals surface area (Å²) in [5.41, 5.74) is 0. The maximum absolute atomic E-state index is 10.4. The third-order valence-electron chi connectivity index (χ3n) is 1.38. The molecule has 0 aromatic rings. The van der Waals surface area contributed by atoms with Crippen LogP contribution in [0.25, 0.3) is 0 Å². The van der Waals surface area contributed by atoms with Gasteiger partial charge in [-0.05, 0) is 32.5 Å². The van der Waals surface area contributed by atoms with Crippen molar-refractivity contribution in [3.05, 3.63) is 0 Å². The summed E-state index contributed by atoms with van der Waals surface area (Å²) in [5, 5.41) is 0. The third kappa shape index (κ3) is 17.2. The fourth-order valence-corrected chi connectivity index (χ4v) is 8.23. The second-order valence-corrected chi connectivity index (χ2v) is 12.4. The Labute approximate surface area is 123 Å². The second kappa shape index (κ2) is 10.0. The van der Waals surface area contributed by atoms with Crippen LogP contribution in [0.5, 0.6) is 0 Å². The van der Waals surface area contributed by atoms with Crippen LogP contribution in [0.4, 0.5) is 0 Å². The highest BCUT2D eigenvalue weighted by atomic mass is 33.7. The Bertz CT molecular complexity index is 362. The predicted molar refractivity (Wildman–Crippen MR) is 82.2 cm³/mol. The maximum atomic E-state index is 10.4. The fraction of sp³-hybridized carbons (Fsp3) is 1.00. The molecule has 0 saturated carbocycles. The quantitative estimate of drug-likeness (QED) is 0.317. The summed E-state index contributed by atoms with van der Waals surface area (Å²) in [7, 11) is -1.83. The van der Waals surface area contributed by atoms with Gasteiger partial charge in [0.25, 0.3) is 20.2 Å². The number of hydrogen-bond acceptors (Lipinski definition) is 8. The Kier molecular flexibility index (Phi) is 10.7. The van der Waals surface area contributed by atoms with E-state index in [1.165, 1.54) is 41.2 Å². The Hall–Kier alpha value is 1.22. The minimum absolute atomic E-state index is 0.229. The van der Waals surface area contributed by atoms with E-state index in [9.17, 15) is 16.8 Å². The van der Waals surface area contributed by atoms with Crippen molar-refractivity contribution in [3.8, 4) is 0 Å². The summed E-state index contributed by atoms with van der Waals surface area (Å²) < 4.78 is 58.4. The molecule has 0 aromatic heterocycles. The highest BCUT2D eigenvalue weighted by Crippen LogP contribution is 2.43. The van der Waals surface area contributed by atoms with E-state index in [-0.39, 0.29) is 11.5 Å². The zero-order valence-electron chi connectivity index (χ0n) is 9.22. The summed E-state index contributed by atoms with van der Waals surface area (Å²) in [4.78, 5) is 0. The Morgan fingerprint density at radius 3 is 1.33 bits per heavy atom. The molecular formula is C6H14O6S6. The molecule has 2 N–H and O–H groups in total. The normalized spacial score (nSPS) is 12.8. The third-order valence-corrected chi connectivity index (χ3v) is 9.63. The lowest BCUT2D eigenvalue weighted by Crippen LogP contribution is -2.04. The molecule has 0 atom stereocenters. The first-order valence-corrected chi connectivity index (χ1v) is 13.1. The van der Waals surface area contributed by atoms with Gasteiger partial charge in [0, 0.05) is 11.5 Å². The molecule has 0 aliphatic rings. The smallest absolute Gasteiger partial charge is 0.264 e. The molecule has 0 fully saturated rings. The van der Waals surface area contributed by atoms with Gasteiger partial charge in [0.1, 0.15) is 0 Å². The van der Waals surface area contributed by atoms with E-state index < -0.39 is 20.2 Å². The molecule has 0 heterocycles. The molecule has 0 aromatic carbocycles. The minimum Gasteiger partial charge on any atom is -0.286 e. The van der Waals surface area contributed by atoms with Crippen LogP contribution in [0, 0.1) is 0 Å². The van der Waals surface area contributed by atoms with Crippen molar-refractivity contribution < 1.29 is 25.9 Å². The molecule has 0 bridgehead atoms. The van der Waals surface area contributed by atoms with Crippen LogP contribution in [0.15, 0.2) is 0 Å². The van der Waals surface area contributed by atoms with E-state index in [0.29, 0.717) is 24.3 Å². The van der Waals surface area contributed by atoms with Gasteiger partial charge in [-0.1, -0.05) is 21.6 Å². The molecule has 0 amide bonds. The molecule has 0 rings (SSSR count). The Morgan fingerprint density at radius 1 is 0.722 bits per heavy atom. The molecule has 0 saturated heterocycles. The van der Waals surface area contributed by atoms with Gasteiger partial charge in [-0.3, -0.25) is 9.11 Å². The van der Waals surface area contributed by atoms with Crippen molar-refractivity contribution >= 4 is 61.5 Å². The van der Waals surface area contributed by atoms with E-state index in [1.54, 1.807) is 0 Å². The van der Waals surface area contributed by atoms with Gasteiger partial charge in [0.05, 0.1) is 11.5 Å². The van der Waals surface area contributed by atoms with Crippen LogP contribution in [0.2, 0.25) is 0 Å². The summed E-state index contributed by atoms with van der Waals surface area (Å²) in [6, 6.07) is 0. The molecule has 6 nitrogen and oxygen atoms in total. The molecule has 0 aliphatic heterocycles. The van der Waals surface area contributed by atoms with E-state index >= 15 is 0 Å². The van der Waals surface area contributed by atoms with Gasteiger partial charge in [-0.2, -0.15) is 16.8 Å². The van der Waals surface area contributed by atoms with Crippen LogP contribution < -0.4 is 0 Å². The molecule has 110 valence electrons. The summed E-state index contributed by atoms with van der Waals surface area (Å²) in [6.45, 7) is 0. The van der Waals surface area contributed by atoms with Crippen molar-refractivity contribution in [3.63, 3.8) is 0 Å². The van der Waals surface area contributed by atoms with Crippen LogP contribution in [-0.4, -0.2) is 49.0 Å². The summed E-state index contributed by atoms with van der Waals surface area (Å²) in [5.74, 6) is 0.769. The highest BCUT2D eigenvalue weighted by Gasteiger charge is 2.05. The molecule has 0 spiro atoms. The summed E-state index contributed by atoms with van der Waals surface area (Å²) >= 11 is 0. The lowest BCUT2D eigenvalue weighted by Gasteiger charge is -2.00. The predicted octanol–water partition coefficient (Wildman–Crippen LogP) is 2.22. The van der Waals surface area contributed by atoms with E-state index in [1.807, 2.05) is 0 Å². The van der Waals surface area contributed by atoms with Gasteiger partial charge in [-0.25, -0.2) is 0 Å². The number of hydrogen-bond donors (Lipinski definition) is 2. The Morgan fingerprint density at radius 2 is 1.06 bits per heavy atom. The number of rotatable bonds is 11. The van der Waals surface area contributed by atoms with Gasteiger partial charge >= 0.3 is 0 Å². The molecule has 0 radical (unpaired) electrons. The average molecular weight is 375 g/mol. The zero-order valence-corrected chi connectivity index (χ0v) is 14.1. The van der Waals surface area contributed by atoms with Crippen LogP contribution in [0.1, 0.15) is 12.8 Å². The van der Waals surface area contributed by atoms with Crippen molar-refractivity contribution in [2.45, 2.75) is 12.8 Å². The van der Waals surface area contributed by atoms with Crippen LogP contribution in [0.3, 0.4) is 0 Å². The standard InChI is InChI=1S/C6H14O6S6/c7-17(8,9)5-1-3-13-15-16-14-4-2-6-18(10,11)12/h1-6H2,(H,7,8,9)(H,10,11,12). The lowest BCUT2D eigenvalue weighted by atomic mass is 10.6. The maximum Gasteiger partial charge on any atom is 0.264 e. The minimum atomic E-state index is -3.86. The molecule has 18 heavy (non-hydrogen) atoms. The average Bonchev–Trinajstić information content (AvgIpc) is 2.17. The van der Waals surface area contributed by atoms with Gasteiger partial charge in [0.15, 0.2) is 0 Å². The van der Waals surface area contributed by atoms with Crippen molar-refractivity contribution in [2.24, 2.45) is 0 Å². The summed E-state index contributed by atoms with van der Waals surface area (Å²) in [6.07, 6.45) is 0.787. The second-order valence-electron chi connectivity index (χ2n) is 3.06. The largest absolute Gasteiger partial charge is 0.286 e. The molecular weight excluding hydrogens is 360 g/mol. The van der Waals surface area contributed by atoms with Crippen molar-refractivity contribution in [2.75, 3.05) is 23.0 Å². The molecule has 0 aliphatic carbocycles. The van der Waals surface area contributed by atoms with Crippen LogP contribution in [-0.2, 0) is 20.2 Å². The Balaban J connectivity index is 3.22. The molecule has 0 unspecified atom stereocenters. The van der Waals surface area contributed by atoms with Gasteiger partial charge < -0.3 is 0 Å². The first-order valence-electron chi connectivity index (χ1n) is 4.69. The van der Waals surface area contributed by atoms with E-state index in [2.05, 4.69) is 0 Å². The zero-order chi connectivity index (χ0) is 14.1. The first-order chi connectivity index (χ1) is 8.21. The lowest BCUT2D eigenvalue weighted by molar-refractivity contribution is 0.480. The highest BCUT2D eigenvalue weighted by molar-refractivity contribution is 9.26. The van der Waals surface area contributed by atoms with E-state index in [0.717, 1.165) is 0 Å². The topological polar surface area (TPSA) is 109 Å². The molecule has 12 heteroatoms. The van der Waals surface area contributed by atoms with Gasteiger partial charge in [-0.15, -0.1) is 0 Å². The van der Waals surface area contributed by atoms with Crippen LogP contribution >= 0.6 is 41.2 Å². The van der Waals surface area contributed by atoms with E-state index in [4.69, 9.17) is 9.11 Å². The van der Waals surface area contributed by atoms with Crippen molar-refractivity contribution in [1.82, 2.24) is 0 Å². The fourth-order valence-electron chi connectivity index (χ4n) is 0.708. The monoisotopic (exact) mass is 374 g/mol. The first kappa shape index (κ1) is 19.2. The van der Waals surface area contributed by atoms with Gasteiger partial charge in [0.2, 0.25) is 0 Å². The van der Waals surface area contributed by atoms with Crippen molar-refractivity contribution in [1.29, 1.82) is 0 Å².